The third-order valence-corrected chi connectivity index (χ3v) is 10.4. The minimum absolute atomic E-state index is 0.215. The van der Waals surface area contributed by atoms with Crippen molar-refractivity contribution in [3.05, 3.63) is 48.1 Å². The van der Waals surface area contributed by atoms with Crippen LogP contribution in [0.4, 0.5) is 11.6 Å². The van der Waals surface area contributed by atoms with Crippen molar-refractivity contribution >= 4 is 23.2 Å². The molecule has 3 atom stereocenters. The van der Waals surface area contributed by atoms with Gasteiger partial charge in [0.2, 0.25) is 5.95 Å². The van der Waals surface area contributed by atoms with Crippen LogP contribution in [-0.4, -0.2) is 129 Å². The standard InChI is InChI=1S/C36H49ClN10O6/c1-25(20-45-24-40-43-44-45)53-34-17-26(3-10-32(34)37)27-18-38-36(39-19-27)41-33-21-46(42-35(33)52-16-15-50-14-13-49-12-11-48-2)28-4-6-29(7-5-28)47-30-8-9-31(47)23-51-22-30/h3,10,17-19,21,24-25,28-31H,4-9,11-16,20,22-23H2,1-2H3,(H,38,39,41)/t25-,28-,29-,30-,31+/m0/s1. The maximum Gasteiger partial charge on any atom is 0.257 e. The number of fused-ring (bicyclic) bond motifs is 2. The summed E-state index contributed by atoms with van der Waals surface area (Å²) >= 11 is 6.48. The van der Waals surface area contributed by atoms with Crippen molar-refractivity contribution in [3.8, 4) is 22.8 Å². The number of aromatic nitrogens is 8. The molecule has 17 heteroatoms. The summed E-state index contributed by atoms with van der Waals surface area (Å²) in [6, 6.07) is 7.65. The van der Waals surface area contributed by atoms with Crippen molar-refractivity contribution < 1.29 is 28.4 Å². The molecule has 2 aliphatic heterocycles. The van der Waals surface area contributed by atoms with Crippen LogP contribution in [0.15, 0.2) is 43.1 Å². The van der Waals surface area contributed by atoms with Gasteiger partial charge in [-0.05, 0) is 73.6 Å². The van der Waals surface area contributed by atoms with Crippen molar-refractivity contribution in [1.29, 1.82) is 0 Å². The Morgan fingerprint density at radius 2 is 1.58 bits per heavy atom. The number of anilines is 2. The zero-order valence-corrected chi connectivity index (χ0v) is 31.1. The molecule has 286 valence electrons. The molecule has 7 rings (SSSR count). The number of hydrogen-bond acceptors (Lipinski definition) is 14. The molecule has 16 nitrogen and oxygen atoms in total. The Hall–Kier alpha value is -3.93. The van der Waals surface area contributed by atoms with Gasteiger partial charge < -0.3 is 33.7 Å². The normalized spacial score (nSPS) is 22.2. The lowest BCUT2D eigenvalue weighted by molar-refractivity contribution is -0.0458. The Morgan fingerprint density at radius 3 is 2.30 bits per heavy atom. The van der Waals surface area contributed by atoms with Gasteiger partial charge in [-0.1, -0.05) is 17.7 Å². The Bertz CT molecular complexity index is 1690. The van der Waals surface area contributed by atoms with E-state index in [4.69, 9.17) is 45.1 Å². The monoisotopic (exact) mass is 752 g/mol. The number of nitrogens with one attached hydrogen (secondary N) is 1. The van der Waals surface area contributed by atoms with Crippen LogP contribution in [-0.2, 0) is 25.5 Å². The highest BCUT2D eigenvalue weighted by atomic mass is 35.5. The van der Waals surface area contributed by atoms with Crippen molar-refractivity contribution in [2.24, 2.45) is 0 Å². The molecule has 0 unspecified atom stereocenters. The van der Waals surface area contributed by atoms with Gasteiger partial charge in [0.25, 0.3) is 5.88 Å². The van der Waals surface area contributed by atoms with Crippen LogP contribution < -0.4 is 14.8 Å². The van der Waals surface area contributed by atoms with Gasteiger partial charge in [0.05, 0.1) is 70.1 Å². The van der Waals surface area contributed by atoms with E-state index >= 15 is 0 Å². The number of ether oxygens (including phenoxy) is 6. The largest absolute Gasteiger partial charge is 0.487 e. The van der Waals surface area contributed by atoms with Crippen molar-refractivity contribution in [3.63, 3.8) is 0 Å². The van der Waals surface area contributed by atoms with Crippen LogP contribution in [0.5, 0.6) is 11.6 Å². The van der Waals surface area contributed by atoms with Gasteiger partial charge in [0, 0.05) is 43.2 Å². The van der Waals surface area contributed by atoms with Gasteiger partial charge in [-0.3, -0.25) is 9.58 Å². The fraction of sp³-hybridized carbons (Fsp3) is 0.611. The van der Waals surface area contributed by atoms with Gasteiger partial charge in [-0.2, -0.15) is 0 Å². The molecule has 1 saturated carbocycles. The van der Waals surface area contributed by atoms with Gasteiger partial charge in [-0.25, -0.2) is 14.6 Å². The molecule has 0 amide bonds. The summed E-state index contributed by atoms with van der Waals surface area (Å²) in [6.07, 6.45) is 13.8. The van der Waals surface area contributed by atoms with Gasteiger partial charge >= 0.3 is 0 Å². The van der Waals surface area contributed by atoms with E-state index in [0.29, 0.717) is 92.6 Å². The Morgan fingerprint density at radius 1 is 0.887 bits per heavy atom. The van der Waals surface area contributed by atoms with E-state index in [1.54, 1.807) is 36.6 Å². The highest BCUT2D eigenvalue weighted by Crippen LogP contribution is 2.39. The molecule has 0 spiro atoms. The topological polar surface area (TPSA) is 158 Å². The number of benzene rings is 1. The SMILES string of the molecule is COCCOCCOCCOc1nn([C@H]2CC[C@H](N3[C@@H]4CC[C@H]3COC4)CC2)cc1Nc1ncc(-c2ccc(Cl)c(O[C@@H](C)Cn3cnnn3)c2)cn1. The first-order valence-corrected chi connectivity index (χ1v) is 18.9. The first-order valence-electron chi connectivity index (χ1n) is 18.5. The fourth-order valence-electron chi connectivity index (χ4n) is 7.51. The van der Waals surface area contributed by atoms with Gasteiger partial charge in [0.1, 0.15) is 30.5 Å². The number of rotatable bonds is 19. The summed E-state index contributed by atoms with van der Waals surface area (Å²) in [5, 5.41) is 20.0. The Labute approximate surface area is 314 Å². The van der Waals surface area contributed by atoms with E-state index in [1.165, 1.54) is 12.8 Å². The second-order valence-electron chi connectivity index (χ2n) is 13.8. The molecule has 53 heavy (non-hydrogen) atoms. The number of hydrogen-bond donors (Lipinski definition) is 1. The molecule has 3 fully saturated rings. The molecule has 4 aromatic rings. The first kappa shape index (κ1) is 37.4. The summed E-state index contributed by atoms with van der Waals surface area (Å²) in [5.41, 5.74) is 2.38. The quantitative estimate of drug-likeness (QED) is 0.133. The molecule has 5 heterocycles. The number of morpholine rings is 1. The molecule has 0 radical (unpaired) electrons. The third kappa shape index (κ3) is 9.79. The van der Waals surface area contributed by atoms with Gasteiger partial charge in [-0.15, -0.1) is 10.2 Å². The van der Waals surface area contributed by atoms with Crippen molar-refractivity contribution in [1.82, 2.24) is 44.9 Å². The lowest BCUT2D eigenvalue weighted by atomic mass is 9.89. The van der Waals surface area contributed by atoms with E-state index in [-0.39, 0.29) is 12.1 Å². The smallest absolute Gasteiger partial charge is 0.257 e. The van der Waals surface area contributed by atoms with Crippen LogP contribution in [0, 0.1) is 0 Å². The third-order valence-electron chi connectivity index (χ3n) is 10.1. The molecule has 1 N–H and O–H groups in total. The minimum Gasteiger partial charge on any atom is -0.487 e. The minimum atomic E-state index is -0.215. The molecular weight excluding hydrogens is 704 g/mol. The number of methoxy groups -OCH3 is 1. The fourth-order valence-corrected chi connectivity index (χ4v) is 7.67. The van der Waals surface area contributed by atoms with E-state index in [0.717, 1.165) is 50.0 Å². The molecule has 2 bridgehead atoms. The van der Waals surface area contributed by atoms with Crippen molar-refractivity contribution in [2.45, 2.75) is 82.3 Å². The van der Waals surface area contributed by atoms with Gasteiger partial charge in [0.15, 0.2) is 0 Å². The predicted octanol–water partition coefficient (Wildman–Crippen LogP) is 4.60. The number of tetrazole rings is 1. The average Bonchev–Trinajstić information content (AvgIpc) is 3.90. The summed E-state index contributed by atoms with van der Waals surface area (Å²) in [7, 11) is 1.65. The lowest BCUT2D eigenvalue weighted by Gasteiger charge is -2.43. The average molecular weight is 753 g/mol. The Kier molecular flexibility index (Phi) is 13.0. The van der Waals surface area contributed by atoms with E-state index in [1.807, 2.05) is 25.3 Å². The van der Waals surface area contributed by atoms with Crippen molar-refractivity contribution in [2.75, 3.05) is 65.3 Å². The number of halogens is 1. The maximum atomic E-state index is 6.48. The van der Waals surface area contributed by atoms with E-state index < -0.39 is 0 Å². The highest BCUT2D eigenvalue weighted by molar-refractivity contribution is 6.32. The molecule has 3 aliphatic rings. The molecule has 1 aliphatic carbocycles. The highest BCUT2D eigenvalue weighted by Gasteiger charge is 2.42. The lowest BCUT2D eigenvalue weighted by Crippen LogP contribution is -2.52. The molecule has 1 aromatic carbocycles. The number of nitrogens with zero attached hydrogens (tertiary/aromatic N) is 9. The first-order chi connectivity index (χ1) is 26.0. The van der Waals surface area contributed by atoms with Crippen LogP contribution in [0.2, 0.25) is 5.02 Å². The van der Waals surface area contributed by atoms with Crippen LogP contribution in [0.25, 0.3) is 11.1 Å². The summed E-state index contributed by atoms with van der Waals surface area (Å²) in [5.74, 6) is 1.46. The van der Waals surface area contributed by atoms with Crippen LogP contribution >= 0.6 is 11.6 Å². The summed E-state index contributed by atoms with van der Waals surface area (Å²) < 4.78 is 38.0. The predicted molar refractivity (Wildman–Crippen MR) is 196 cm³/mol. The second-order valence-corrected chi connectivity index (χ2v) is 14.2. The maximum absolute atomic E-state index is 6.48. The summed E-state index contributed by atoms with van der Waals surface area (Å²) in [6.45, 7) is 6.97. The van der Waals surface area contributed by atoms with Crippen LogP contribution in [0.1, 0.15) is 51.5 Å². The molecular formula is C36H49ClN10O6. The van der Waals surface area contributed by atoms with E-state index in [2.05, 4.69) is 40.4 Å². The zero-order valence-electron chi connectivity index (χ0n) is 30.4. The van der Waals surface area contributed by atoms with Crippen LogP contribution in [0.3, 0.4) is 0 Å². The second kappa shape index (κ2) is 18.4. The van der Waals surface area contributed by atoms with E-state index in [9.17, 15) is 0 Å². The zero-order chi connectivity index (χ0) is 36.4. The Balaban J connectivity index is 0.988. The summed E-state index contributed by atoms with van der Waals surface area (Å²) in [4.78, 5) is 12.0. The molecule has 3 aromatic heterocycles. The molecule has 2 saturated heterocycles.